The summed E-state index contributed by atoms with van der Waals surface area (Å²) in [5, 5.41) is 0. The lowest BCUT2D eigenvalue weighted by Gasteiger charge is -2.17. The first-order valence-electron chi connectivity index (χ1n) is 7.38. The maximum absolute atomic E-state index is 7.51. The van der Waals surface area contributed by atoms with E-state index in [9.17, 15) is 0 Å². The second-order valence-electron chi connectivity index (χ2n) is 2.10. The van der Waals surface area contributed by atoms with Gasteiger partial charge >= 0.3 is 0 Å². The van der Waals surface area contributed by atoms with Gasteiger partial charge in [-0.25, -0.2) is 4.98 Å². The predicted molar refractivity (Wildman–Crippen MR) is 50.6 cm³/mol. The Balaban J connectivity index is 3.82. The summed E-state index contributed by atoms with van der Waals surface area (Å²) in [5.41, 5.74) is -3.55. The Morgan fingerprint density at radius 2 is 2.18 bits per heavy atom. The van der Waals surface area contributed by atoms with Crippen molar-refractivity contribution >= 4 is 15.9 Å². The fourth-order valence-corrected chi connectivity index (χ4v) is 0.961. The maximum atomic E-state index is 7.51. The van der Waals surface area contributed by atoms with Crippen LogP contribution in [0.4, 0.5) is 0 Å². The van der Waals surface area contributed by atoms with E-state index in [-0.39, 0.29) is 4.60 Å². The van der Waals surface area contributed by atoms with E-state index in [1.807, 2.05) is 0 Å². The molecule has 0 atom stereocenters. The Labute approximate surface area is 88.6 Å². The van der Waals surface area contributed by atoms with Crippen molar-refractivity contribution in [1.82, 2.24) is 4.98 Å². The van der Waals surface area contributed by atoms with Gasteiger partial charge in [0.15, 0.2) is 0 Å². The predicted octanol–water partition coefficient (Wildman–Crippen LogP) is 3.14. The summed E-state index contributed by atoms with van der Waals surface area (Å²) in [6.07, 6.45) is 0. The third-order valence-corrected chi connectivity index (χ3v) is 1.54. The van der Waals surface area contributed by atoms with Crippen LogP contribution in [-0.4, -0.2) is 4.98 Å². The number of nitrogens with zero attached hydrogens (tertiary/aromatic N) is 1. The van der Waals surface area contributed by atoms with Crippen molar-refractivity contribution in [2.75, 3.05) is 0 Å². The third kappa shape index (κ3) is 2.29. The van der Waals surface area contributed by atoms with Gasteiger partial charge in [0.1, 0.15) is 4.60 Å². The molecule has 0 aliphatic carbocycles. The van der Waals surface area contributed by atoms with Gasteiger partial charge in [0.2, 0.25) is 0 Å². The van der Waals surface area contributed by atoms with Crippen LogP contribution in [0.2, 0.25) is 0 Å². The normalized spacial score (nSPS) is 27.2. The summed E-state index contributed by atoms with van der Waals surface area (Å²) in [4.78, 5) is 3.78. The van der Waals surface area contributed by atoms with E-state index in [2.05, 4.69) is 20.9 Å². The average molecular weight is 223 g/mol. The smallest absolute Gasteiger partial charge is 0.106 e. The molecule has 0 aliphatic heterocycles. The minimum atomic E-state index is -3.28. The molecular weight excluding hydrogens is 202 g/mol. The van der Waals surface area contributed by atoms with Crippen LogP contribution < -0.4 is 0 Å². The number of hydrogen-bond acceptors (Lipinski definition) is 1. The molecule has 0 unspecified atom stereocenters. The molecule has 0 spiro atoms. The molecule has 0 saturated heterocycles. The molecule has 0 amide bonds. The van der Waals surface area contributed by atoms with Gasteiger partial charge in [-0.3, -0.25) is 0 Å². The Morgan fingerprint density at radius 3 is 2.73 bits per heavy atom. The quantitative estimate of drug-likeness (QED) is 0.615. The highest BCUT2D eigenvalue weighted by atomic mass is 79.9. The lowest BCUT2D eigenvalue weighted by atomic mass is 9.92. The molecule has 0 bridgehead atoms. The zero-order chi connectivity index (χ0) is 16.0. The minimum absolute atomic E-state index is 0.164. The van der Waals surface area contributed by atoms with E-state index in [1.54, 1.807) is 0 Å². The molecule has 1 nitrogen and oxygen atoms in total. The lowest BCUT2D eigenvalue weighted by molar-refractivity contribution is 0.567. The van der Waals surface area contributed by atoms with Crippen LogP contribution in [0.3, 0.4) is 0 Å². The molecule has 1 heterocycles. The molecular formula is C9H12BrN. The molecule has 0 N–H and O–H groups in total. The van der Waals surface area contributed by atoms with Crippen LogP contribution in [0, 0.1) is 0 Å². The van der Waals surface area contributed by atoms with E-state index < -0.39 is 31.7 Å². The highest BCUT2D eigenvalue weighted by molar-refractivity contribution is 9.10. The van der Waals surface area contributed by atoms with Gasteiger partial charge in [-0.2, -0.15) is 0 Å². The molecule has 1 aromatic heterocycles. The fraction of sp³-hybridized carbons (Fsp3) is 0.444. The van der Waals surface area contributed by atoms with E-state index in [0.717, 1.165) is 6.07 Å². The largest absolute Gasteiger partial charge is 0.245 e. The van der Waals surface area contributed by atoms with E-state index in [4.69, 9.17) is 12.3 Å². The number of aromatic nitrogens is 1. The monoisotopic (exact) mass is 222 g/mol. The van der Waals surface area contributed by atoms with Gasteiger partial charge < -0.3 is 0 Å². The van der Waals surface area contributed by atoms with Crippen molar-refractivity contribution in [2.24, 2.45) is 0 Å². The molecule has 0 saturated carbocycles. The third-order valence-electron chi connectivity index (χ3n) is 1.10. The molecule has 1 rings (SSSR count). The Kier molecular flexibility index (Phi) is 0.683. The van der Waals surface area contributed by atoms with Crippen LogP contribution in [-0.2, 0) is 5.41 Å². The first-order chi connectivity index (χ1) is 8.75. The lowest BCUT2D eigenvalue weighted by Crippen LogP contribution is -2.12. The Bertz CT molecular complexity index is 451. The summed E-state index contributed by atoms with van der Waals surface area (Å²) in [5.74, 6) is 0. The topological polar surface area (TPSA) is 12.9 Å². The Morgan fingerprint density at radius 1 is 1.45 bits per heavy atom. The summed E-state index contributed by atoms with van der Waals surface area (Å²) >= 11 is 2.99. The highest BCUT2D eigenvalue weighted by Gasteiger charge is 2.14. The molecule has 0 fully saturated rings. The average Bonchev–Trinajstić information content (AvgIpc) is 2.10. The van der Waals surface area contributed by atoms with Crippen LogP contribution in [0.1, 0.15) is 38.6 Å². The second kappa shape index (κ2) is 2.94. The van der Waals surface area contributed by atoms with Crippen LogP contribution in [0.25, 0.3) is 0 Å². The summed E-state index contributed by atoms with van der Waals surface area (Å²) < 4.78 is 67.8. The van der Waals surface area contributed by atoms with Crippen molar-refractivity contribution in [3.63, 3.8) is 0 Å². The maximum Gasteiger partial charge on any atom is 0.106 e. The molecule has 2 heteroatoms. The van der Waals surface area contributed by atoms with E-state index in [0.29, 0.717) is 0 Å². The zero-order valence-corrected chi connectivity index (χ0v) is 7.14. The number of hydrogen-bond donors (Lipinski definition) is 0. The van der Waals surface area contributed by atoms with Gasteiger partial charge in [0, 0.05) is 23.4 Å². The first-order valence-corrected chi connectivity index (χ1v) is 3.67. The number of pyridine rings is 1. The standard InChI is InChI=1S/C9H12BrN/c1-9(2,3)7-5-4-6-8(10)11-7/h4-6H,1-3H3/i1D3,2D3,3D3. The molecule has 60 valence electrons. The van der Waals surface area contributed by atoms with Crippen LogP contribution in [0.15, 0.2) is 22.8 Å². The first kappa shape index (κ1) is 2.56. The Hall–Kier alpha value is -0.370. The summed E-state index contributed by atoms with van der Waals surface area (Å²) in [6, 6.07) is 3.91. The van der Waals surface area contributed by atoms with Gasteiger partial charge in [-0.15, -0.1) is 0 Å². The number of rotatable bonds is 0. The second-order valence-corrected chi connectivity index (χ2v) is 2.91. The SMILES string of the molecule is [2H]C([2H])([2H])C(c1cccc(Br)n1)(C([2H])([2H])[2H])C([2H])([2H])[2H]. The van der Waals surface area contributed by atoms with Gasteiger partial charge in [-0.1, -0.05) is 26.6 Å². The fourth-order valence-electron chi connectivity index (χ4n) is 0.617. The highest BCUT2D eigenvalue weighted by Crippen LogP contribution is 2.20. The van der Waals surface area contributed by atoms with Gasteiger partial charge in [-0.05, 0) is 28.1 Å². The van der Waals surface area contributed by atoms with Crippen molar-refractivity contribution < 1.29 is 12.3 Å². The molecule has 0 aliphatic rings. The van der Waals surface area contributed by atoms with Crippen molar-refractivity contribution in [3.05, 3.63) is 28.5 Å². The van der Waals surface area contributed by atoms with Crippen LogP contribution in [0.5, 0.6) is 0 Å². The summed E-state index contributed by atoms with van der Waals surface area (Å²) in [7, 11) is 0. The molecule has 0 aromatic carbocycles. The zero-order valence-electron chi connectivity index (χ0n) is 14.6. The summed E-state index contributed by atoms with van der Waals surface area (Å²) in [6.45, 7) is -9.84. The van der Waals surface area contributed by atoms with Crippen molar-refractivity contribution in [3.8, 4) is 0 Å². The van der Waals surface area contributed by atoms with Crippen LogP contribution >= 0.6 is 15.9 Å². The van der Waals surface area contributed by atoms with Crippen molar-refractivity contribution in [1.29, 1.82) is 0 Å². The van der Waals surface area contributed by atoms with E-state index in [1.165, 1.54) is 12.1 Å². The van der Waals surface area contributed by atoms with Gasteiger partial charge in [0.25, 0.3) is 0 Å². The van der Waals surface area contributed by atoms with Crippen molar-refractivity contribution in [2.45, 2.75) is 26.0 Å². The molecule has 0 radical (unpaired) electrons. The number of halogens is 1. The molecule has 11 heavy (non-hydrogen) atoms. The minimum Gasteiger partial charge on any atom is -0.245 e. The van der Waals surface area contributed by atoms with E-state index >= 15 is 0 Å². The molecule has 1 aromatic rings. The van der Waals surface area contributed by atoms with Gasteiger partial charge in [0.05, 0.1) is 0 Å².